The van der Waals surface area contributed by atoms with Crippen molar-refractivity contribution in [3.63, 3.8) is 0 Å². The molecular weight excluding hydrogens is 252 g/mol. The summed E-state index contributed by atoms with van der Waals surface area (Å²) in [6.45, 7) is 1.24. The number of hydrazine groups is 1. The third-order valence-corrected chi connectivity index (χ3v) is 2.91. The van der Waals surface area contributed by atoms with Crippen LogP contribution in [0.2, 0.25) is 0 Å². The Morgan fingerprint density at radius 2 is 2.32 bits per heavy atom. The number of nitrogens with zero attached hydrogens (tertiary/aromatic N) is 2. The highest BCUT2D eigenvalue weighted by Gasteiger charge is 2.22. The van der Waals surface area contributed by atoms with Gasteiger partial charge in [-0.05, 0) is 0 Å². The fraction of sp³-hybridized carbons (Fsp3) is 0.364. The average Bonchev–Trinajstić information content (AvgIpc) is 2.41. The molecule has 8 heteroatoms. The first-order valence-corrected chi connectivity index (χ1v) is 5.72. The average molecular weight is 266 g/mol. The molecule has 1 amide bonds. The summed E-state index contributed by atoms with van der Waals surface area (Å²) >= 11 is 0. The SMILES string of the molecule is NNc1c(CN2CCOCC2=O)cccc1[N+](=O)[O-]. The van der Waals surface area contributed by atoms with E-state index in [0.29, 0.717) is 18.7 Å². The third-order valence-electron chi connectivity index (χ3n) is 2.91. The molecule has 102 valence electrons. The number of rotatable bonds is 4. The molecule has 3 N–H and O–H groups in total. The Morgan fingerprint density at radius 1 is 1.53 bits per heavy atom. The van der Waals surface area contributed by atoms with E-state index in [9.17, 15) is 14.9 Å². The van der Waals surface area contributed by atoms with E-state index in [4.69, 9.17) is 10.6 Å². The van der Waals surface area contributed by atoms with Gasteiger partial charge in [-0.15, -0.1) is 0 Å². The van der Waals surface area contributed by atoms with Crippen LogP contribution in [-0.4, -0.2) is 35.5 Å². The Morgan fingerprint density at radius 3 is 2.95 bits per heavy atom. The van der Waals surface area contributed by atoms with E-state index in [2.05, 4.69) is 5.43 Å². The molecule has 0 bridgehead atoms. The van der Waals surface area contributed by atoms with Crippen LogP contribution >= 0.6 is 0 Å². The second-order valence-electron chi connectivity index (χ2n) is 4.08. The van der Waals surface area contributed by atoms with Crippen molar-refractivity contribution >= 4 is 17.3 Å². The lowest BCUT2D eigenvalue weighted by Gasteiger charge is -2.27. The van der Waals surface area contributed by atoms with Crippen LogP contribution in [0.25, 0.3) is 0 Å². The topological polar surface area (TPSA) is 111 Å². The van der Waals surface area contributed by atoms with Gasteiger partial charge in [0.1, 0.15) is 12.3 Å². The van der Waals surface area contributed by atoms with Crippen molar-refractivity contribution in [3.8, 4) is 0 Å². The summed E-state index contributed by atoms with van der Waals surface area (Å²) in [7, 11) is 0. The summed E-state index contributed by atoms with van der Waals surface area (Å²) in [5.74, 6) is 5.21. The van der Waals surface area contributed by atoms with Crippen LogP contribution in [0.4, 0.5) is 11.4 Å². The number of hydrogen-bond donors (Lipinski definition) is 2. The van der Waals surface area contributed by atoms with Gasteiger partial charge in [-0.25, -0.2) is 0 Å². The quantitative estimate of drug-likeness (QED) is 0.459. The van der Waals surface area contributed by atoms with Crippen LogP contribution in [-0.2, 0) is 16.1 Å². The highest BCUT2D eigenvalue weighted by atomic mass is 16.6. The van der Waals surface area contributed by atoms with Crippen LogP contribution in [0.3, 0.4) is 0 Å². The van der Waals surface area contributed by atoms with Crippen molar-refractivity contribution in [1.82, 2.24) is 4.90 Å². The maximum atomic E-state index is 11.6. The lowest BCUT2D eigenvalue weighted by atomic mass is 10.1. The van der Waals surface area contributed by atoms with E-state index in [1.54, 1.807) is 17.0 Å². The van der Waals surface area contributed by atoms with Gasteiger partial charge in [-0.3, -0.25) is 20.8 Å². The zero-order chi connectivity index (χ0) is 13.8. The monoisotopic (exact) mass is 266 g/mol. The van der Waals surface area contributed by atoms with Gasteiger partial charge in [-0.2, -0.15) is 0 Å². The van der Waals surface area contributed by atoms with Crippen molar-refractivity contribution in [2.75, 3.05) is 25.2 Å². The molecular formula is C11H14N4O4. The minimum absolute atomic E-state index is 0.0420. The molecule has 0 spiro atoms. The fourth-order valence-corrected chi connectivity index (χ4v) is 1.96. The number of morpholine rings is 1. The Bertz CT molecular complexity index is 505. The van der Waals surface area contributed by atoms with Gasteiger partial charge in [0.05, 0.1) is 11.5 Å². The largest absolute Gasteiger partial charge is 0.370 e. The number of para-hydroxylation sites is 1. The number of nitrogens with one attached hydrogen (secondary N) is 1. The van der Waals surface area contributed by atoms with E-state index >= 15 is 0 Å². The number of nitrogens with two attached hydrogens (primary N) is 1. The second kappa shape index (κ2) is 5.63. The molecule has 0 aliphatic carbocycles. The number of ether oxygens (including phenoxy) is 1. The number of carbonyl (C=O) groups is 1. The van der Waals surface area contributed by atoms with Gasteiger partial charge in [-0.1, -0.05) is 12.1 Å². The van der Waals surface area contributed by atoms with E-state index in [-0.39, 0.29) is 30.4 Å². The zero-order valence-electron chi connectivity index (χ0n) is 10.2. The molecule has 1 aliphatic rings. The van der Waals surface area contributed by atoms with Crippen molar-refractivity contribution in [3.05, 3.63) is 33.9 Å². The lowest BCUT2D eigenvalue weighted by Crippen LogP contribution is -2.41. The standard InChI is InChI=1S/C11H14N4O4/c12-13-11-8(2-1-3-9(11)15(17)18)6-14-4-5-19-7-10(14)16/h1-3,13H,4-7,12H2. The fourth-order valence-electron chi connectivity index (χ4n) is 1.96. The molecule has 0 unspecified atom stereocenters. The van der Waals surface area contributed by atoms with Crippen LogP contribution in [0.5, 0.6) is 0 Å². The van der Waals surface area contributed by atoms with Crippen molar-refractivity contribution in [2.24, 2.45) is 5.84 Å². The van der Waals surface area contributed by atoms with E-state index in [0.717, 1.165) is 0 Å². The molecule has 0 atom stereocenters. The number of nitro groups is 1. The Balaban J connectivity index is 2.26. The van der Waals surface area contributed by atoms with E-state index < -0.39 is 4.92 Å². The van der Waals surface area contributed by atoms with E-state index in [1.807, 2.05) is 0 Å². The predicted octanol–water partition coefficient (Wildman–Crippen LogP) is 0.239. The van der Waals surface area contributed by atoms with Crippen molar-refractivity contribution < 1.29 is 14.5 Å². The van der Waals surface area contributed by atoms with Crippen LogP contribution in [0.15, 0.2) is 18.2 Å². The Hall–Kier alpha value is -2.19. The third kappa shape index (κ3) is 2.80. The maximum absolute atomic E-state index is 11.6. The molecule has 19 heavy (non-hydrogen) atoms. The molecule has 1 saturated heterocycles. The summed E-state index contributed by atoms with van der Waals surface area (Å²) in [5.41, 5.74) is 3.06. The molecule has 0 saturated carbocycles. The van der Waals surface area contributed by atoms with E-state index in [1.165, 1.54) is 6.07 Å². The summed E-state index contributed by atoms with van der Waals surface area (Å²) in [6.07, 6.45) is 0. The van der Waals surface area contributed by atoms with Gasteiger partial charge in [0.2, 0.25) is 5.91 Å². The minimum Gasteiger partial charge on any atom is -0.370 e. The van der Waals surface area contributed by atoms with Crippen LogP contribution < -0.4 is 11.3 Å². The summed E-state index contributed by atoms with van der Waals surface area (Å²) in [5, 5.41) is 10.9. The van der Waals surface area contributed by atoms with Crippen molar-refractivity contribution in [1.29, 1.82) is 0 Å². The Kier molecular flexibility index (Phi) is 3.93. The number of nitrogen functional groups attached to an aromatic ring is 1. The first-order valence-electron chi connectivity index (χ1n) is 5.72. The first-order chi connectivity index (χ1) is 9.13. The number of anilines is 1. The van der Waals surface area contributed by atoms with Gasteiger partial charge < -0.3 is 15.1 Å². The summed E-state index contributed by atoms with van der Waals surface area (Å²) in [6, 6.07) is 4.63. The molecule has 0 radical (unpaired) electrons. The molecule has 8 nitrogen and oxygen atoms in total. The lowest BCUT2D eigenvalue weighted by molar-refractivity contribution is -0.384. The zero-order valence-corrected chi connectivity index (χ0v) is 10.2. The van der Waals surface area contributed by atoms with Gasteiger partial charge in [0.25, 0.3) is 5.69 Å². The Labute approximate surface area is 109 Å². The molecule has 1 aromatic carbocycles. The number of hydrogen-bond acceptors (Lipinski definition) is 6. The number of carbonyl (C=O) groups excluding carboxylic acids is 1. The van der Waals surface area contributed by atoms with Crippen molar-refractivity contribution in [2.45, 2.75) is 6.54 Å². The number of amides is 1. The van der Waals surface area contributed by atoms with Gasteiger partial charge >= 0.3 is 0 Å². The highest BCUT2D eigenvalue weighted by molar-refractivity contribution is 5.78. The van der Waals surface area contributed by atoms with Crippen LogP contribution in [0, 0.1) is 10.1 Å². The van der Waals surface area contributed by atoms with Crippen LogP contribution in [0.1, 0.15) is 5.56 Å². The molecule has 1 aromatic rings. The molecule has 0 aromatic heterocycles. The van der Waals surface area contributed by atoms with Gasteiger partial charge in [0, 0.05) is 24.7 Å². The summed E-state index contributed by atoms with van der Waals surface area (Å²) < 4.78 is 5.03. The second-order valence-corrected chi connectivity index (χ2v) is 4.08. The number of nitro benzene ring substituents is 1. The highest BCUT2D eigenvalue weighted by Crippen LogP contribution is 2.28. The summed E-state index contributed by atoms with van der Waals surface area (Å²) in [4.78, 5) is 23.6. The molecule has 1 heterocycles. The normalized spacial score (nSPS) is 15.4. The molecule has 2 rings (SSSR count). The smallest absolute Gasteiger partial charge is 0.293 e. The predicted molar refractivity (Wildman–Crippen MR) is 67.1 cm³/mol. The molecule has 1 aliphatic heterocycles. The number of benzene rings is 1. The maximum Gasteiger partial charge on any atom is 0.293 e. The van der Waals surface area contributed by atoms with Gasteiger partial charge in [0.15, 0.2) is 0 Å². The first kappa shape index (κ1) is 13.2. The molecule has 1 fully saturated rings. The minimum atomic E-state index is -0.514.